The molecule has 1 aromatic heterocycles. The van der Waals surface area contributed by atoms with Crippen molar-refractivity contribution in [1.82, 2.24) is 9.47 Å². The molecule has 0 radical (unpaired) electrons. The molecule has 1 spiro atoms. The third-order valence-electron chi connectivity index (χ3n) is 4.59. The lowest BCUT2D eigenvalue weighted by molar-refractivity contribution is -0.0608. The molecule has 1 aliphatic heterocycles. The second-order valence-electron chi connectivity index (χ2n) is 6.04. The highest BCUT2D eigenvalue weighted by molar-refractivity contribution is 5.93. The van der Waals surface area contributed by atoms with Gasteiger partial charge in [0.25, 0.3) is 5.56 Å². The number of carbonyl (C=O) groups is 1. The van der Waals surface area contributed by atoms with Crippen molar-refractivity contribution in [3.8, 4) is 0 Å². The molecule has 1 aliphatic carbocycles. The molecular weight excluding hydrogens is 240 g/mol. The second kappa shape index (κ2) is 4.60. The first-order valence-corrected chi connectivity index (χ1v) is 7.02. The van der Waals surface area contributed by atoms with Gasteiger partial charge in [0.1, 0.15) is 0 Å². The summed E-state index contributed by atoms with van der Waals surface area (Å²) in [7, 11) is 0. The van der Waals surface area contributed by atoms with Gasteiger partial charge in [0.05, 0.1) is 5.56 Å². The van der Waals surface area contributed by atoms with Crippen LogP contribution in [0.3, 0.4) is 0 Å². The molecular formula is C15H20N2O2. The van der Waals surface area contributed by atoms with Gasteiger partial charge < -0.3 is 9.47 Å². The topological polar surface area (TPSA) is 42.3 Å². The molecule has 2 aliphatic rings. The zero-order chi connectivity index (χ0) is 13.5. The van der Waals surface area contributed by atoms with E-state index in [1.807, 2.05) is 0 Å². The van der Waals surface area contributed by atoms with Crippen LogP contribution in [0.2, 0.25) is 0 Å². The van der Waals surface area contributed by atoms with Crippen LogP contribution in [0.5, 0.6) is 0 Å². The van der Waals surface area contributed by atoms with Crippen LogP contribution in [-0.2, 0) is 6.54 Å². The Bertz CT molecular complexity index is 550. The van der Waals surface area contributed by atoms with Crippen LogP contribution in [0.25, 0.3) is 0 Å². The van der Waals surface area contributed by atoms with Gasteiger partial charge in [-0.15, -0.1) is 0 Å². The van der Waals surface area contributed by atoms with Crippen LogP contribution >= 0.6 is 0 Å². The normalized spacial score (nSPS) is 20.9. The minimum atomic E-state index is -0.158. The van der Waals surface area contributed by atoms with Crippen molar-refractivity contribution < 1.29 is 4.79 Å². The third kappa shape index (κ3) is 2.25. The number of nitrogens with zero attached hydrogens (tertiary/aromatic N) is 2. The Morgan fingerprint density at radius 2 is 2.05 bits per heavy atom. The first kappa shape index (κ1) is 12.6. The van der Waals surface area contributed by atoms with Gasteiger partial charge >= 0.3 is 0 Å². The van der Waals surface area contributed by atoms with Gasteiger partial charge in [-0.05, 0) is 37.3 Å². The zero-order valence-electron chi connectivity index (χ0n) is 11.4. The summed E-state index contributed by atoms with van der Waals surface area (Å²) in [5, 5.41) is 0. The molecule has 4 nitrogen and oxygen atoms in total. The fourth-order valence-corrected chi connectivity index (χ4v) is 3.28. The maximum Gasteiger partial charge on any atom is 0.261 e. The molecule has 19 heavy (non-hydrogen) atoms. The summed E-state index contributed by atoms with van der Waals surface area (Å²) in [6.07, 6.45) is 5.91. The monoisotopic (exact) mass is 260 g/mol. The Labute approximate surface area is 113 Å². The highest BCUT2D eigenvalue weighted by Gasteiger charge is 2.46. The number of hydrogen-bond acceptors (Lipinski definition) is 3. The summed E-state index contributed by atoms with van der Waals surface area (Å²) in [5.41, 5.74) is 0.766. The second-order valence-corrected chi connectivity index (χ2v) is 6.04. The van der Waals surface area contributed by atoms with E-state index in [0.29, 0.717) is 17.5 Å². The fourth-order valence-electron chi connectivity index (χ4n) is 3.28. The summed E-state index contributed by atoms with van der Waals surface area (Å²) in [4.78, 5) is 25.8. The molecule has 0 unspecified atom stereocenters. The Morgan fingerprint density at radius 3 is 2.63 bits per heavy atom. The number of hydrogen-bond donors (Lipinski definition) is 0. The van der Waals surface area contributed by atoms with Gasteiger partial charge in [-0.3, -0.25) is 9.59 Å². The smallest absolute Gasteiger partial charge is 0.261 e. The molecule has 102 valence electrons. The van der Waals surface area contributed by atoms with E-state index in [2.05, 4.69) is 4.90 Å². The lowest BCUT2D eigenvalue weighted by Gasteiger charge is -2.56. The molecule has 0 amide bonds. The molecule has 4 heteroatoms. The number of aromatic nitrogens is 1. The predicted molar refractivity (Wildman–Crippen MR) is 73.4 cm³/mol. The summed E-state index contributed by atoms with van der Waals surface area (Å²) in [5.74, 6) is -0.156. The molecule has 1 saturated carbocycles. The lowest BCUT2D eigenvalue weighted by Crippen LogP contribution is -2.60. The molecule has 0 aromatic carbocycles. The van der Waals surface area contributed by atoms with Crippen molar-refractivity contribution in [1.29, 1.82) is 0 Å². The van der Waals surface area contributed by atoms with Gasteiger partial charge in [-0.25, -0.2) is 0 Å². The van der Waals surface area contributed by atoms with Crippen molar-refractivity contribution in [3.05, 3.63) is 34.2 Å². The van der Waals surface area contributed by atoms with Crippen LogP contribution < -0.4 is 5.56 Å². The van der Waals surface area contributed by atoms with E-state index < -0.39 is 0 Å². The third-order valence-corrected chi connectivity index (χ3v) is 4.59. The van der Waals surface area contributed by atoms with E-state index in [1.165, 1.54) is 39.3 Å². The molecule has 1 saturated heterocycles. The number of ketones is 1. The van der Waals surface area contributed by atoms with Gasteiger partial charge in [0.2, 0.25) is 0 Å². The van der Waals surface area contributed by atoms with Crippen LogP contribution in [0.1, 0.15) is 36.5 Å². The van der Waals surface area contributed by atoms with E-state index in [0.717, 1.165) is 6.54 Å². The van der Waals surface area contributed by atoms with Crippen molar-refractivity contribution in [2.75, 3.05) is 19.6 Å². The van der Waals surface area contributed by atoms with Gasteiger partial charge in [0.15, 0.2) is 5.78 Å². The fraction of sp³-hybridized carbons (Fsp3) is 0.600. The Morgan fingerprint density at radius 1 is 1.32 bits per heavy atom. The van der Waals surface area contributed by atoms with E-state index in [1.54, 1.807) is 22.9 Å². The number of rotatable bonds is 4. The van der Waals surface area contributed by atoms with E-state index >= 15 is 0 Å². The van der Waals surface area contributed by atoms with Crippen LogP contribution in [0.15, 0.2) is 23.1 Å². The molecule has 1 aromatic rings. The average Bonchev–Trinajstić information content (AvgIpc) is 2.26. The molecule has 0 N–H and O–H groups in total. The molecule has 2 fully saturated rings. The van der Waals surface area contributed by atoms with Crippen LogP contribution in [-0.4, -0.2) is 34.9 Å². The highest BCUT2D eigenvalue weighted by atomic mass is 16.1. The standard InChI is InChI=1S/C15H20N2O2/c1-12(18)13-4-2-7-17(14(13)19)9-8-16-10-15(11-16)5-3-6-15/h2,4,7H,3,5-6,8-11H2,1H3. The zero-order valence-corrected chi connectivity index (χ0v) is 11.4. The van der Waals surface area contributed by atoms with E-state index in [4.69, 9.17) is 0 Å². The van der Waals surface area contributed by atoms with Gasteiger partial charge in [0, 0.05) is 32.4 Å². The first-order valence-electron chi connectivity index (χ1n) is 7.02. The van der Waals surface area contributed by atoms with Gasteiger partial charge in [-0.1, -0.05) is 6.42 Å². The molecule has 2 heterocycles. The van der Waals surface area contributed by atoms with Crippen LogP contribution in [0, 0.1) is 5.41 Å². The highest BCUT2D eigenvalue weighted by Crippen LogP contribution is 2.47. The Hall–Kier alpha value is -1.42. The maximum absolute atomic E-state index is 12.0. The average molecular weight is 260 g/mol. The van der Waals surface area contributed by atoms with Crippen molar-refractivity contribution in [3.63, 3.8) is 0 Å². The minimum Gasteiger partial charge on any atom is -0.314 e. The van der Waals surface area contributed by atoms with Gasteiger partial charge in [-0.2, -0.15) is 0 Å². The Kier molecular flexibility index (Phi) is 3.05. The maximum atomic E-state index is 12.0. The summed E-state index contributed by atoms with van der Waals surface area (Å²) < 4.78 is 1.66. The van der Waals surface area contributed by atoms with E-state index in [-0.39, 0.29) is 11.3 Å². The summed E-state index contributed by atoms with van der Waals surface area (Å²) in [6.45, 7) is 5.40. The number of likely N-dealkylation sites (tertiary alicyclic amines) is 1. The van der Waals surface area contributed by atoms with Crippen molar-refractivity contribution >= 4 is 5.78 Å². The van der Waals surface area contributed by atoms with Crippen LogP contribution in [0.4, 0.5) is 0 Å². The number of Topliss-reactive ketones (excluding diaryl/α,β-unsaturated/α-hetero) is 1. The minimum absolute atomic E-state index is 0.156. The van der Waals surface area contributed by atoms with Crippen molar-refractivity contribution in [2.24, 2.45) is 5.41 Å². The molecule has 0 atom stereocenters. The predicted octanol–water partition coefficient (Wildman–Crippen LogP) is 1.54. The summed E-state index contributed by atoms with van der Waals surface area (Å²) in [6, 6.07) is 3.38. The first-order chi connectivity index (χ1) is 9.10. The molecule has 3 rings (SSSR count). The Balaban J connectivity index is 1.60. The SMILES string of the molecule is CC(=O)c1cccn(CCN2CC3(CCC3)C2)c1=O. The quantitative estimate of drug-likeness (QED) is 0.771. The largest absolute Gasteiger partial charge is 0.314 e. The molecule has 0 bridgehead atoms. The van der Waals surface area contributed by atoms with Crippen molar-refractivity contribution in [2.45, 2.75) is 32.7 Å². The van der Waals surface area contributed by atoms with E-state index in [9.17, 15) is 9.59 Å². The number of pyridine rings is 1. The number of carbonyl (C=O) groups excluding carboxylic acids is 1. The summed E-state index contributed by atoms with van der Waals surface area (Å²) >= 11 is 0. The lowest BCUT2D eigenvalue weighted by atomic mass is 9.63.